The molecule has 3 nitrogen and oxygen atoms in total. The molecule has 3 unspecified atom stereocenters. The Morgan fingerprint density at radius 1 is 1.32 bits per heavy atom. The monoisotopic (exact) mass is 264 g/mol. The number of nitrogens with zero attached hydrogens (tertiary/aromatic N) is 1. The van der Waals surface area contributed by atoms with Crippen LogP contribution in [-0.4, -0.2) is 31.6 Å². The van der Waals surface area contributed by atoms with Crippen LogP contribution in [0.4, 0.5) is 0 Å². The molecule has 1 saturated carbocycles. The molecule has 108 valence electrons. The molecule has 0 spiro atoms. The smallest absolute Gasteiger partial charge is 0.122 e. The number of hydrogen-bond donors (Lipinski definition) is 1. The van der Waals surface area contributed by atoms with Gasteiger partial charge in [-0.25, -0.2) is 0 Å². The third-order valence-corrected chi connectivity index (χ3v) is 4.59. The van der Waals surface area contributed by atoms with Crippen molar-refractivity contribution in [3.05, 3.63) is 24.2 Å². The SMILES string of the molecule is CC1CCCC(C)C1NCC(c1ccco1)N(C)C. The largest absolute Gasteiger partial charge is 0.468 e. The lowest BCUT2D eigenvalue weighted by molar-refractivity contribution is 0.179. The summed E-state index contributed by atoms with van der Waals surface area (Å²) in [6, 6.07) is 5.00. The highest BCUT2D eigenvalue weighted by atomic mass is 16.3. The normalized spacial score (nSPS) is 29.6. The second-order valence-electron chi connectivity index (χ2n) is 6.31. The van der Waals surface area contributed by atoms with Gasteiger partial charge in [0.15, 0.2) is 0 Å². The van der Waals surface area contributed by atoms with Crippen molar-refractivity contribution < 1.29 is 4.42 Å². The minimum atomic E-state index is 0.316. The Bertz CT molecular complexity index is 351. The van der Waals surface area contributed by atoms with E-state index in [1.165, 1.54) is 19.3 Å². The van der Waals surface area contributed by atoms with Crippen molar-refractivity contribution >= 4 is 0 Å². The molecular formula is C16H28N2O. The van der Waals surface area contributed by atoms with E-state index in [9.17, 15) is 0 Å². The first kappa shape index (κ1) is 14.6. The van der Waals surface area contributed by atoms with Crippen LogP contribution in [0.1, 0.15) is 44.9 Å². The quantitative estimate of drug-likeness (QED) is 0.884. The number of hydrogen-bond acceptors (Lipinski definition) is 3. The first-order valence-corrected chi connectivity index (χ1v) is 7.52. The summed E-state index contributed by atoms with van der Waals surface area (Å²) in [6.07, 6.45) is 5.86. The van der Waals surface area contributed by atoms with Crippen LogP contribution in [0.5, 0.6) is 0 Å². The van der Waals surface area contributed by atoms with Crippen molar-refractivity contribution in [1.82, 2.24) is 10.2 Å². The molecule has 1 aromatic heterocycles. The van der Waals surface area contributed by atoms with Crippen molar-refractivity contribution in [2.75, 3.05) is 20.6 Å². The molecule has 0 aromatic carbocycles. The Labute approximate surface area is 117 Å². The lowest BCUT2D eigenvalue weighted by Gasteiger charge is -2.37. The van der Waals surface area contributed by atoms with E-state index in [0.717, 1.165) is 24.1 Å². The molecule has 0 saturated heterocycles. The van der Waals surface area contributed by atoms with Gasteiger partial charge in [-0.05, 0) is 50.9 Å². The predicted molar refractivity (Wildman–Crippen MR) is 79.1 cm³/mol. The Morgan fingerprint density at radius 3 is 2.53 bits per heavy atom. The molecule has 1 aromatic rings. The van der Waals surface area contributed by atoms with Gasteiger partial charge in [-0.15, -0.1) is 0 Å². The number of likely N-dealkylation sites (N-methyl/N-ethyl adjacent to an activating group) is 1. The molecule has 1 aliphatic carbocycles. The molecule has 1 aliphatic rings. The average Bonchev–Trinajstić information content (AvgIpc) is 2.86. The summed E-state index contributed by atoms with van der Waals surface area (Å²) < 4.78 is 5.57. The molecule has 19 heavy (non-hydrogen) atoms. The lowest BCUT2D eigenvalue weighted by atomic mass is 9.78. The zero-order valence-electron chi connectivity index (χ0n) is 12.7. The third kappa shape index (κ3) is 3.61. The van der Waals surface area contributed by atoms with E-state index in [1.807, 2.05) is 6.07 Å². The molecule has 0 aliphatic heterocycles. The standard InChI is InChI=1S/C16H28N2O/c1-12-7-5-8-13(2)16(12)17-11-14(18(3)4)15-9-6-10-19-15/h6,9-10,12-14,16-17H,5,7-8,11H2,1-4H3. The summed E-state index contributed by atoms with van der Waals surface area (Å²) in [5.41, 5.74) is 0. The van der Waals surface area contributed by atoms with Crippen LogP contribution in [0.25, 0.3) is 0 Å². The zero-order valence-corrected chi connectivity index (χ0v) is 12.7. The Kier molecular flexibility index (Phi) is 5.06. The fourth-order valence-corrected chi connectivity index (χ4v) is 3.35. The van der Waals surface area contributed by atoms with E-state index in [2.05, 4.69) is 44.2 Å². The number of nitrogens with one attached hydrogen (secondary N) is 1. The van der Waals surface area contributed by atoms with E-state index in [4.69, 9.17) is 4.42 Å². The van der Waals surface area contributed by atoms with E-state index < -0.39 is 0 Å². The molecule has 3 heteroatoms. The van der Waals surface area contributed by atoms with Crippen LogP contribution >= 0.6 is 0 Å². The van der Waals surface area contributed by atoms with Gasteiger partial charge in [0.05, 0.1) is 12.3 Å². The molecule has 1 N–H and O–H groups in total. The van der Waals surface area contributed by atoms with Crippen LogP contribution in [0.15, 0.2) is 22.8 Å². The van der Waals surface area contributed by atoms with Crippen molar-refractivity contribution in [3.8, 4) is 0 Å². The van der Waals surface area contributed by atoms with Crippen LogP contribution in [0.3, 0.4) is 0 Å². The summed E-state index contributed by atoms with van der Waals surface area (Å²) in [4.78, 5) is 2.23. The van der Waals surface area contributed by atoms with Gasteiger partial charge in [-0.2, -0.15) is 0 Å². The molecule has 1 heterocycles. The van der Waals surface area contributed by atoms with E-state index in [-0.39, 0.29) is 0 Å². The van der Waals surface area contributed by atoms with Crippen molar-refractivity contribution in [2.45, 2.75) is 45.2 Å². The molecule has 1 fully saturated rings. The fraction of sp³-hybridized carbons (Fsp3) is 0.750. The van der Waals surface area contributed by atoms with Gasteiger partial charge < -0.3 is 9.73 Å². The van der Waals surface area contributed by atoms with Crippen LogP contribution in [-0.2, 0) is 0 Å². The highest BCUT2D eigenvalue weighted by molar-refractivity contribution is 5.05. The minimum absolute atomic E-state index is 0.316. The second kappa shape index (κ2) is 6.58. The van der Waals surface area contributed by atoms with Gasteiger partial charge in [0.1, 0.15) is 5.76 Å². The first-order chi connectivity index (χ1) is 9.09. The Balaban J connectivity index is 1.95. The summed E-state index contributed by atoms with van der Waals surface area (Å²) in [5.74, 6) is 2.61. The summed E-state index contributed by atoms with van der Waals surface area (Å²) in [5, 5.41) is 3.79. The molecular weight excluding hydrogens is 236 g/mol. The maximum absolute atomic E-state index is 5.57. The van der Waals surface area contributed by atoms with Gasteiger partial charge in [-0.1, -0.05) is 20.3 Å². The summed E-state index contributed by atoms with van der Waals surface area (Å²) >= 11 is 0. The number of furan rings is 1. The summed E-state index contributed by atoms with van der Waals surface area (Å²) in [6.45, 7) is 5.72. The van der Waals surface area contributed by atoms with Crippen LogP contribution in [0, 0.1) is 11.8 Å². The lowest BCUT2D eigenvalue weighted by Crippen LogP contribution is -2.45. The van der Waals surface area contributed by atoms with Crippen LogP contribution < -0.4 is 5.32 Å². The Hall–Kier alpha value is -0.800. The highest BCUT2D eigenvalue weighted by Gasteiger charge is 2.28. The molecule has 0 amide bonds. The first-order valence-electron chi connectivity index (χ1n) is 7.52. The second-order valence-corrected chi connectivity index (χ2v) is 6.31. The zero-order chi connectivity index (χ0) is 13.8. The van der Waals surface area contributed by atoms with Crippen molar-refractivity contribution in [2.24, 2.45) is 11.8 Å². The van der Waals surface area contributed by atoms with Gasteiger partial charge in [0.2, 0.25) is 0 Å². The average molecular weight is 264 g/mol. The molecule has 0 radical (unpaired) electrons. The Morgan fingerprint density at radius 2 is 2.00 bits per heavy atom. The maximum Gasteiger partial charge on any atom is 0.122 e. The molecule has 3 atom stereocenters. The van der Waals surface area contributed by atoms with E-state index in [0.29, 0.717) is 12.1 Å². The van der Waals surface area contributed by atoms with Gasteiger partial charge in [0.25, 0.3) is 0 Å². The summed E-state index contributed by atoms with van der Waals surface area (Å²) in [7, 11) is 4.23. The maximum atomic E-state index is 5.57. The van der Waals surface area contributed by atoms with Gasteiger partial charge in [-0.3, -0.25) is 4.90 Å². The van der Waals surface area contributed by atoms with E-state index >= 15 is 0 Å². The van der Waals surface area contributed by atoms with Crippen molar-refractivity contribution in [3.63, 3.8) is 0 Å². The van der Waals surface area contributed by atoms with E-state index in [1.54, 1.807) is 6.26 Å². The van der Waals surface area contributed by atoms with Crippen LogP contribution in [0.2, 0.25) is 0 Å². The van der Waals surface area contributed by atoms with Crippen molar-refractivity contribution in [1.29, 1.82) is 0 Å². The van der Waals surface area contributed by atoms with Gasteiger partial charge in [0, 0.05) is 12.6 Å². The molecule has 2 rings (SSSR count). The number of rotatable bonds is 5. The molecule has 0 bridgehead atoms. The topological polar surface area (TPSA) is 28.4 Å². The fourth-order valence-electron chi connectivity index (χ4n) is 3.35. The highest BCUT2D eigenvalue weighted by Crippen LogP contribution is 2.29. The van der Waals surface area contributed by atoms with Gasteiger partial charge >= 0.3 is 0 Å². The third-order valence-electron chi connectivity index (χ3n) is 4.59. The predicted octanol–water partition coefficient (Wildman–Crippen LogP) is 3.30. The minimum Gasteiger partial charge on any atom is -0.468 e.